The first kappa shape index (κ1) is 10.8. The number of hydrogen-bond acceptors (Lipinski definition) is 6. The largest absolute Gasteiger partial charge is 0.378 e. The number of rotatable bonds is 2. The summed E-state index contributed by atoms with van der Waals surface area (Å²) in [6.45, 7) is 2.37. The average Bonchev–Trinajstić information content (AvgIpc) is 2.90. The van der Waals surface area contributed by atoms with E-state index in [-0.39, 0.29) is 6.04 Å². The van der Waals surface area contributed by atoms with Crippen LogP contribution in [0.15, 0.2) is 0 Å². The Labute approximate surface area is 108 Å². The van der Waals surface area contributed by atoms with E-state index in [2.05, 4.69) is 20.6 Å². The fourth-order valence-corrected chi connectivity index (χ4v) is 3.34. The number of nitrogens with one attached hydrogen (secondary N) is 1. The lowest BCUT2D eigenvalue weighted by atomic mass is 9.85. The third-order valence-corrected chi connectivity index (χ3v) is 4.73. The van der Waals surface area contributed by atoms with Gasteiger partial charge in [0.2, 0.25) is 4.96 Å². The van der Waals surface area contributed by atoms with Gasteiger partial charge in [0.25, 0.3) is 0 Å². The van der Waals surface area contributed by atoms with Crippen LogP contribution in [0.25, 0.3) is 4.96 Å². The first-order valence-corrected chi connectivity index (χ1v) is 7.26. The lowest BCUT2D eigenvalue weighted by Gasteiger charge is -2.23. The summed E-state index contributed by atoms with van der Waals surface area (Å²) in [6.07, 6.45) is 3.74. The fourth-order valence-electron chi connectivity index (χ4n) is 2.43. The third-order valence-electron chi connectivity index (χ3n) is 3.72. The van der Waals surface area contributed by atoms with Crippen LogP contribution in [0.3, 0.4) is 0 Å². The SMILES string of the molecule is C1CC(c2nnc3sc(C4COCCN4)nn23)C1. The summed E-state index contributed by atoms with van der Waals surface area (Å²) in [6, 6.07) is 0.208. The van der Waals surface area contributed by atoms with E-state index < -0.39 is 0 Å². The molecule has 18 heavy (non-hydrogen) atoms. The Morgan fingerprint density at radius 2 is 2.28 bits per heavy atom. The first-order chi connectivity index (χ1) is 8.92. The van der Waals surface area contributed by atoms with Gasteiger partial charge in [0, 0.05) is 12.5 Å². The van der Waals surface area contributed by atoms with Crippen molar-refractivity contribution in [2.24, 2.45) is 0 Å². The third kappa shape index (κ3) is 1.65. The van der Waals surface area contributed by atoms with Gasteiger partial charge in [-0.3, -0.25) is 0 Å². The molecule has 0 aromatic carbocycles. The van der Waals surface area contributed by atoms with Crippen molar-refractivity contribution < 1.29 is 4.74 Å². The van der Waals surface area contributed by atoms with Crippen LogP contribution < -0.4 is 5.32 Å². The topological polar surface area (TPSA) is 64.3 Å². The molecule has 7 heteroatoms. The Morgan fingerprint density at radius 1 is 1.33 bits per heavy atom. The molecule has 4 rings (SSSR count). The maximum atomic E-state index is 5.48. The van der Waals surface area contributed by atoms with Crippen molar-refractivity contribution in [2.45, 2.75) is 31.2 Å². The van der Waals surface area contributed by atoms with E-state index in [0.29, 0.717) is 12.5 Å². The molecule has 0 radical (unpaired) electrons. The van der Waals surface area contributed by atoms with Gasteiger partial charge >= 0.3 is 0 Å². The molecule has 2 aromatic heterocycles. The van der Waals surface area contributed by atoms with Crippen molar-refractivity contribution in [1.82, 2.24) is 25.1 Å². The van der Waals surface area contributed by atoms with Crippen molar-refractivity contribution in [3.8, 4) is 0 Å². The highest BCUT2D eigenvalue weighted by Crippen LogP contribution is 2.36. The van der Waals surface area contributed by atoms with Crippen LogP contribution in [0.2, 0.25) is 0 Å². The molecule has 1 atom stereocenters. The highest BCUT2D eigenvalue weighted by molar-refractivity contribution is 7.16. The summed E-state index contributed by atoms with van der Waals surface area (Å²) in [4.78, 5) is 0.902. The predicted molar refractivity (Wildman–Crippen MR) is 66.8 cm³/mol. The number of aromatic nitrogens is 4. The standard InChI is InChI=1S/C11H15N5OS/c1-2-7(3-1)9-13-14-11-16(9)15-10(18-11)8-6-17-5-4-12-8/h7-8,12H,1-6H2. The molecule has 1 saturated heterocycles. The zero-order valence-electron chi connectivity index (χ0n) is 10.0. The van der Waals surface area contributed by atoms with Gasteiger partial charge in [-0.15, -0.1) is 10.2 Å². The minimum absolute atomic E-state index is 0.208. The van der Waals surface area contributed by atoms with Crippen molar-refractivity contribution >= 4 is 16.3 Å². The van der Waals surface area contributed by atoms with Crippen LogP contribution in [0.4, 0.5) is 0 Å². The van der Waals surface area contributed by atoms with E-state index in [1.54, 1.807) is 11.3 Å². The second-order valence-electron chi connectivity index (χ2n) is 4.90. The maximum absolute atomic E-state index is 5.48. The van der Waals surface area contributed by atoms with Gasteiger partial charge in [-0.1, -0.05) is 17.8 Å². The molecular weight excluding hydrogens is 250 g/mol. The number of fused-ring (bicyclic) bond motifs is 1. The van der Waals surface area contributed by atoms with Crippen LogP contribution in [0.5, 0.6) is 0 Å². The second kappa shape index (κ2) is 4.25. The van der Waals surface area contributed by atoms with Crippen molar-refractivity contribution in [2.75, 3.05) is 19.8 Å². The van der Waals surface area contributed by atoms with E-state index in [1.807, 2.05) is 4.52 Å². The van der Waals surface area contributed by atoms with Crippen LogP contribution >= 0.6 is 11.3 Å². The smallest absolute Gasteiger partial charge is 0.234 e. The fraction of sp³-hybridized carbons (Fsp3) is 0.727. The molecule has 2 fully saturated rings. The van der Waals surface area contributed by atoms with Gasteiger partial charge in [0.15, 0.2) is 5.82 Å². The molecule has 0 amide bonds. The van der Waals surface area contributed by atoms with Gasteiger partial charge in [-0.2, -0.15) is 9.61 Å². The van der Waals surface area contributed by atoms with Gasteiger partial charge in [-0.25, -0.2) is 0 Å². The zero-order valence-corrected chi connectivity index (χ0v) is 10.8. The summed E-state index contributed by atoms with van der Waals surface area (Å²) in [5.41, 5.74) is 0. The Morgan fingerprint density at radius 3 is 3.00 bits per heavy atom. The molecule has 0 spiro atoms. The monoisotopic (exact) mass is 265 g/mol. The number of hydrogen-bond donors (Lipinski definition) is 1. The molecule has 2 aromatic rings. The van der Waals surface area contributed by atoms with E-state index >= 15 is 0 Å². The molecule has 6 nitrogen and oxygen atoms in total. The summed E-state index contributed by atoms with van der Waals surface area (Å²) >= 11 is 1.61. The molecule has 1 aliphatic heterocycles. The van der Waals surface area contributed by atoms with Gasteiger partial charge < -0.3 is 10.1 Å². The van der Waals surface area contributed by atoms with Crippen LogP contribution in [-0.2, 0) is 4.74 Å². The minimum atomic E-state index is 0.208. The molecule has 2 aliphatic rings. The number of ether oxygens (including phenoxy) is 1. The molecular formula is C11H15N5OS. The quantitative estimate of drug-likeness (QED) is 0.881. The van der Waals surface area contributed by atoms with Crippen LogP contribution in [0, 0.1) is 0 Å². The van der Waals surface area contributed by atoms with E-state index in [9.17, 15) is 0 Å². The molecule has 3 heterocycles. The van der Waals surface area contributed by atoms with Crippen molar-refractivity contribution in [3.63, 3.8) is 0 Å². The lowest BCUT2D eigenvalue weighted by molar-refractivity contribution is 0.0765. The molecule has 1 unspecified atom stereocenters. The highest BCUT2D eigenvalue weighted by Gasteiger charge is 2.27. The van der Waals surface area contributed by atoms with Gasteiger partial charge in [-0.05, 0) is 12.8 Å². The lowest BCUT2D eigenvalue weighted by Crippen LogP contribution is -2.34. The van der Waals surface area contributed by atoms with Crippen LogP contribution in [-0.4, -0.2) is 39.6 Å². The Hall–Kier alpha value is -1.05. The molecule has 0 bridgehead atoms. The molecule has 1 saturated carbocycles. The van der Waals surface area contributed by atoms with E-state index in [4.69, 9.17) is 4.74 Å². The maximum Gasteiger partial charge on any atom is 0.234 e. The normalized spacial score (nSPS) is 25.4. The summed E-state index contributed by atoms with van der Waals surface area (Å²) in [5.74, 6) is 1.60. The van der Waals surface area contributed by atoms with Gasteiger partial charge in [0.1, 0.15) is 5.01 Å². The zero-order chi connectivity index (χ0) is 11.9. The van der Waals surface area contributed by atoms with E-state index in [0.717, 1.165) is 28.9 Å². The minimum Gasteiger partial charge on any atom is -0.378 e. The van der Waals surface area contributed by atoms with Crippen LogP contribution in [0.1, 0.15) is 42.1 Å². The van der Waals surface area contributed by atoms with E-state index in [1.165, 1.54) is 19.3 Å². The Balaban J connectivity index is 1.68. The van der Waals surface area contributed by atoms with Crippen molar-refractivity contribution in [1.29, 1.82) is 0 Å². The first-order valence-electron chi connectivity index (χ1n) is 6.45. The number of morpholine rings is 1. The number of nitrogens with zero attached hydrogens (tertiary/aromatic N) is 4. The predicted octanol–water partition coefficient (Wildman–Crippen LogP) is 1.11. The average molecular weight is 265 g/mol. The highest BCUT2D eigenvalue weighted by atomic mass is 32.1. The molecule has 1 aliphatic carbocycles. The van der Waals surface area contributed by atoms with Gasteiger partial charge in [0.05, 0.1) is 19.3 Å². The van der Waals surface area contributed by atoms with Crippen molar-refractivity contribution in [3.05, 3.63) is 10.8 Å². The second-order valence-corrected chi connectivity index (χ2v) is 5.89. The summed E-state index contributed by atoms with van der Waals surface area (Å²) in [5, 5.41) is 17.7. The molecule has 1 N–H and O–H groups in total. The summed E-state index contributed by atoms with van der Waals surface area (Å²) in [7, 11) is 0. The molecule has 96 valence electrons. The Kier molecular flexibility index (Phi) is 2.56. The Bertz CT molecular complexity index is 555. The summed E-state index contributed by atoms with van der Waals surface area (Å²) < 4.78 is 7.41.